The second-order valence-electron chi connectivity index (χ2n) is 8.04. The predicted octanol–water partition coefficient (Wildman–Crippen LogP) is 2.12. The molecule has 2 heterocycles. The van der Waals surface area contributed by atoms with Gasteiger partial charge in [-0.15, -0.1) is 0 Å². The Hall–Kier alpha value is -2.12. The van der Waals surface area contributed by atoms with Crippen molar-refractivity contribution in [2.24, 2.45) is 5.92 Å². The van der Waals surface area contributed by atoms with Crippen molar-refractivity contribution in [1.29, 1.82) is 0 Å². The van der Waals surface area contributed by atoms with Crippen molar-refractivity contribution in [1.82, 2.24) is 14.7 Å². The highest BCUT2D eigenvalue weighted by molar-refractivity contribution is 5.73. The maximum Gasteiger partial charge on any atom is 0.410 e. The molecule has 2 aliphatic heterocycles. The zero-order chi connectivity index (χ0) is 20.1. The lowest BCUT2D eigenvalue weighted by Crippen LogP contribution is -2.58. The summed E-state index contributed by atoms with van der Waals surface area (Å²) in [6.45, 7) is 9.09. The number of piperazine rings is 1. The maximum absolute atomic E-state index is 12.6. The van der Waals surface area contributed by atoms with Gasteiger partial charge in [0.1, 0.15) is 6.61 Å². The number of hydrogen-bond acceptors (Lipinski definition) is 5. The number of hydrogen-bond donors (Lipinski definition) is 1. The lowest BCUT2D eigenvalue weighted by Gasteiger charge is -2.45. The van der Waals surface area contributed by atoms with Gasteiger partial charge < -0.3 is 14.7 Å². The van der Waals surface area contributed by atoms with E-state index in [-0.39, 0.29) is 19.2 Å². The van der Waals surface area contributed by atoms with Crippen LogP contribution in [-0.2, 0) is 16.1 Å². The number of likely N-dealkylation sites (tertiary alicyclic amines) is 1. The van der Waals surface area contributed by atoms with E-state index >= 15 is 0 Å². The monoisotopic (exact) mass is 389 g/mol. The van der Waals surface area contributed by atoms with Crippen molar-refractivity contribution in [3.63, 3.8) is 0 Å². The molecule has 2 saturated heterocycles. The lowest BCUT2D eigenvalue weighted by atomic mass is 9.93. The van der Waals surface area contributed by atoms with E-state index in [2.05, 4.69) is 23.6 Å². The van der Waals surface area contributed by atoms with Gasteiger partial charge in [-0.1, -0.05) is 30.3 Å². The lowest BCUT2D eigenvalue weighted by molar-refractivity contribution is -0.144. The van der Waals surface area contributed by atoms with Gasteiger partial charge in [0.2, 0.25) is 0 Å². The topological polar surface area (TPSA) is 73.3 Å². The molecular formula is C21H31N3O4. The number of piperidine rings is 1. The number of rotatable bonds is 5. The van der Waals surface area contributed by atoms with E-state index in [1.807, 2.05) is 30.3 Å². The van der Waals surface area contributed by atoms with Gasteiger partial charge in [-0.2, -0.15) is 0 Å². The molecule has 0 spiro atoms. The molecule has 0 aliphatic carbocycles. The molecule has 0 saturated carbocycles. The van der Waals surface area contributed by atoms with Gasteiger partial charge in [-0.05, 0) is 25.8 Å². The van der Waals surface area contributed by atoms with Crippen LogP contribution in [-0.4, -0.2) is 83.2 Å². The third-order valence-corrected chi connectivity index (χ3v) is 5.84. The van der Waals surface area contributed by atoms with Crippen molar-refractivity contribution in [3.8, 4) is 0 Å². The molecule has 7 heteroatoms. The first kappa shape index (κ1) is 20.6. The molecule has 1 N–H and O–H groups in total. The van der Waals surface area contributed by atoms with Crippen LogP contribution in [0.15, 0.2) is 30.3 Å². The van der Waals surface area contributed by atoms with Crippen LogP contribution in [0.3, 0.4) is 0 Å². The Morgan fingerprint density at radius 1 is 1.11 bits per heavy atom. The average Bonchev–Trinajstić information content (AvgIpc) is 2.72. The molecule has 7 nitrogen and oxygen atoms in total. The maximum atomic E-state index is 12.6. The van der Waals surface area contributed by atoms with Gasteiger partial charge in [0, 0.05) is 51.4 Å². The molecule has 2 fully saturated rings. The predicted molar refractivity (Wildman–Crippen MR) is 106 cm³/mol. The van der Waals surface area contributed by atoms with Crippen molar-refractivity contribution >= 4 is 12.1 Å². The molecular weight excluding hydrogens is 358 g/mol. The number of carbonyl (C=O) groups is 2. The standard InChI is InChI=1S/C21H31N3O4/c1-16(2)22-8-10-23(11-9-22)19-12-18(20(25)26)13-24(14-19)21(27)28-15-17-6-4-3-5-7-17/h3-7,16,18-19H,8-15H2,1-2H3,(H,25,26)/t18-,19-/m0/s1. The summed E-state index contributed by atoms with van der Waals surface area (Å²) in [5, 5.41) is 9.57. The third kappa shape index (κ3) is 5.23. The molecule has 0 aromatic heterocycles. The molecule has 2 atom stereocenters. The highest BCUT2D eigenvalue weighted by Crippen LogP contribution is 2.24. The van der Waals surface area contributed by atoms with Crippen LogP contribution in [0.25, 0.3) is 0 Å². The first-order chi connectivity index (χ1) is 13.4. The summed E-state index contributed by atoms with van der Waals surface area (Å²) < 4.78 is 5.45. The summed E-state index contributed by atoms with van der Waals surface area (Å²) in [6.07, 6.45) is 0.153. The van der Waals surface area contributed by atoms with E-state index in [4.69, 9.17) is 4.74 Å². The Morgan fingerprint density at radius 2 is 1.79 bits per heavy atom. The summed E-state index contributed by atoms with van der Waals surface area (Å²) in [4.78, 5) is 30.6. The first-order valence-electron chi connectivity index (χ1n) is 10.1. The molecule has 1 amide bonds. The Balaban J connectivity index is 1.60. The van der Waals surface area contributed by atoms with Crippen LogP contribution in [0.1, 0.15) is 25.8 Å². The van der Waals surface area contributed by atoms with E-state index in [1.54, 1.807) is 4.90 Å². The summed E-state index contributed by atoms with van der Waals surface area (Å²) >= 11 is 0. The number of benzene rings is 1. The largest absolute Gasteiger partial charge is 0.481 e. The smallest absolute Gasteiger partial charge is 0.410 e. The van der Waals surface area contributed by atoms with Crippen molar-refractivity contribution < 1.29 is 19.4 Å². The number of carbonyl (C=O) groups excluding carboxylic acids is 1. The fraction of sp³-hybridized carbons (Fsp3) is 0.619. The first-order valence-corrected chi connectivity index (χ1v) is 10.1. The molecule has 0 bridgehead atoms. The highest BCUT2D eigenvalue weighted by Gasteiger charge is 2.38. The third-order valence-electron chi connectivity index (χ3n) is 5.84. The fourth-order valence-electron chi connectivity index (χ4n) is 4.09. The van der Waals surface area contributed by atoms with Gasteiger partial charge in [-0.3, -0.25) is 14.6 Å². The van der Waals surface area contributed by atoms with Gasteiger partial charge >= 0.3 is 12.1 Å². The summed E-state index contributed by atoms with van der Waals surface area (Å²) in [5.41, 5.74) is 0.920. The minimum atomic E-state index is -0.841. The van der Waals surface area contributed by atoms with E-state index < -0.39 is 18.0 Å². The van der Waals surface area contributed by atoms with Crippen LogP contribution >= 0.6 is 0 Å². The van der Waals surface area contributed by atoms with E-state index in [0.717, 1.165) is 31.7 Å². The minimum absolute atomic E-state index is 0.0634. The van der Waals surface area contributed by atoms with Crippen molar-refractivity contribution in [2.75, 3.05) is 39.3 Å². The molecule has 1 aromatic carbocycles. The molecule has 28 heavy (non-hydrogen) atoms. The van der Waals surface area contributed by atoms with Crippen LogP contribution in [0.5, 0.6) is 0 Å². The zero-order valence-corrected chi connectivity index (χ0v) is 16.8. The molecule has 0 radical (unpaired) electrons. The molecule has 2 aliphatic rings. The number of carboxylic acids is 1. The van der Waals surface area contributed by atoms with Crippen LogP contribution < -0.4 is 0 Å². The van der Waals surface area contributed by atoms with Crippen LogP contribution in [0.4, 0.5) is 4.79 Å². The second kappa shape index (κ2) is 9.39. The van der Waals surface area contributed by atoms with E-state index in [9.17, 15) is 14.7 Å². The summed E-state index contributed by atoms with van der Waals surface area (Å²) in [5.74, 6) is -1.39. The van der Waals surface area contributed by atoms with Crippen LogP contribution in [0, 0.1) is 5.92 Å². The normalized spacial score (nSPS) is 24.3. The Bertz CT molecular complexity index is 659. The number of carboxylic acid groups (broad SMARTS) is 1. The second-order valence-corrected chi connectivity index (χ2v) is 8.04. The molecule has 3 rings (SSSR count). The van der Waals surface area contributed by atoms with Crippen molar-refractivity contribution in [2.45, 2.75) is 39.0 Å². The number of nitrogens with zero attached hydrogens (tertiary/aromatic N) is 3. The summed E-state index contributed by atoms with van der Waals surface area (Å²) in [7, 11) is 0. The SMILES string of the molecule is CC(C)N1CCN([C@H]2C[C@H](C(=O)O)CN(C(=O)OCc3ccccc3)C2)CC1. The van der Waals surface area contributed by atoms with Gasteiger partial charge in [0.15, 0.2) is 0 Å². The van der Waals surface area contributed by atoms with Crippen LogP contribution in [0.2, 0.25) is 0 Å². The quantitative estimate of drug-likeness (QED) is 0.832. The van der Waals surface area contributed by atoms with Gasteiger partial charge in [0.25, 0.3) is 0 Å². The summed E-state index contributed by atoms with van der Waals surface area (Å²) in [6, 6.07) is 10.1. The Kier molecular flexibility index (Phi) is 6.91. The molecule has 1 aromatic rings. The van der Waals surface area contributed by atoms with Gasteiger partial charge in [0.05, 0.1) is 5.92 Å². The number of aliphatic carboxylic acids is 1. The van der Waals surface area contributed by atoms with E-state index in [1.165, 1.54) is 0 Å². The Morgan fingerprint density at radius 3 is 2.39 bits per heavy atom. The average molecular weight is 389 g/mol. The van der Waals surface area contributed by atoms with Gasteiger partial charge in [-0.25, -0.2) is 4.79 Å². The molecule has 0 unspecified atom stereocenters. The number of amides is 1. The minimum Gasteiger partial charge on any atom is -0.481 e. The highest BCUT2D eigenvalue weighted by atomic mass is 16.6. The Labute approximate surface area is 166 Å². The fourth-order valence-corrected chi connectivity index (χ4v) is 4.09. The number of ether oxygens (including phenoxy) is 1. The van der Waals surface area contributed by atoms with Crippen molar-refractivity contribution in [3.05, 3.63) is 35.9 Å². The zero-order valence-electron chi connectivity index (χ0n) is 16.8. The van der Waals surface area contributed by atoms with E-state index in [0.29, 0.717) is 19.0 Å². The molecule has 154 valence electrons.